The summed E-state index contributed by atoms with van der Waals surface area (Å²) in [6.07, 6.45) is 7.73. The minimum absolute atomic E-state index is 0.217. The number of nitrogens with one attached hydrogen (secondary N) is 1. The predicted octanol–water partition coefficient (Wildman–Crippen LogP) is 3.74. The highest BCUT2D eigenvalue weighted by atomic mass is 32.1. The van der Waals surface area contributed by atoms with Crippen LogP contribution >= 0.6 is 11.3 Å². The van der Waals surface area contributed by atoms with E-state index in [0.29, 0.717) is 11.5 Å². The SMILES string of the molecule is Cn1ccnc1C(NC1CCC(C)(C)C1)c1cccs1. The Kier molecular flexibility index (Phi) is 3.69. The first-order valence-electron chi connectivity index (χ1n) is 7.32. The van der Waals surface area contributed by atoms with E-state index in [9.17, 15) is 0 Å². The average Bonchev–Trinajstić information content (AvgIpc) is 3.08. The number of nitrogens with zero attached hydrogens (tertiary/aromatic N) is 2. The van der Waals surface area contributed by atoms with E-state index in [-0.39, 0.29) is 6.04 Å². The lowest BCUT2D eigenvalue weighted by molar-refractivity contribution is 0.357. The van der Waals surface area contributed by atoms with Crippen molar-refractivity contribution in [1.82, 2.24) is 14.9 Å². The van der Waals surface area contributed by atoms with Crippen molar-refractivity contribution in [3.63, 3.8) is 0 Å². The van der Waals surface area contributed by atoms with Crippen LogP contribution in [0.15, 0.2) is 29.9 Å². The molecule has 1 saturated carbocycles. The van der Waals surface area contributed by atoms with E-state index >= 15 is 0 Å². The maximum atomic E-state index is 4.56. The summed E-state index contributed by atoms with van der Waals surface area (Å²) in [5.41, 5.74) is 0.472. The van der Waals surface area contributed by atoms with Crippen molar-refractivity contribution in [1.29, 1.82) is 0 Å². The number of imidazole rings is 1. The second kappa shape index (κ2) is 5.34. The van der Waals surface area contributed by atoms with Gasteiger partial charge in [-0.15, -0.1) is 11.3 Å². The predicted molar refractivity (Wildman–Crippen MR) is 83.9 cm³/mol. The fourth-order valence-electron chi connectivity index (χ4n) is 3.21. The summed E-state index contributed by atoms with van der Waals surface area (Å²) >= 11 is 1.81. The average molecular weight is 289 g/mol. The summed E-state index contributed by atoms with van der Waals surface area (Å²) in [6, 6.07) is 5.13. The Bertz CT molecular complexity index is 556. The summed E-state index contributed by atoms with van der Waals surface area (Å²) in [4.78, 5) is 5.91. The first-order chi connectivity index (χ1) is 9.55. The number of aromatic nitrogens is 2. The van der Waals surface area contributed by atoms with Crippen molar-refractivity contribution < 1.29 is 0 Å². The van der Waals surface area contributed by atoms with Gasteiger partial charge in [0.15, 0.2) is 0 Å². The molecule has 1 N–H and O–H groups in total. The molecule has 0 aromatic carbocycles. The third-order valence-corrected chi connectivity index (χ3v) is 5.25. The highest BCUT2D eigenvalue weighted by Gasteiger charge is 2.33. The Hall–Kier alpha value is -1.13. The lowest BCUT2D eigenvalue weighted by Gasteiger charge is -2.23. The third kappa shape index (κ3) is 2.81. The van der Waals surface area contributed by atoms with Gasteiger partial charge in [-0.2, -0.15) is 0 Å². The van der Waals surface area contributed by atoms with Gasteiger partial charge in [0.1, 0.15) is 11.9 Å². The zero-order valence-electron chi connectivity index (χ0n) is 12.5. The molecule has 2 aromatic heterocycles. The molecule has 20 heavy (non-hydrogen) atoms. The van der Waals surface area contributed by atoms with Crippen molar-refractivity contribution in [3.8, 4) is 0 Å². The van der Waals surface area contributed by atoms with E-state index < -0.39 is 0 Å². The smallest absolute Gasteiger partial charge is 0.131 e. The number of rotatable bonds is 4. The number of hydrogen-bond acceptors (Lipinski definition) is 3. The van der Waals surface area contributed by atoms with E-state index in [1.807, 2.05) is 12.4 Å². The van der Waals surface area contributed by atoms with Crippen LogP contribution < -0.4 is 5.32 Å². The maximum Gasteiger partial charge on any atom is 0.131 e. The van der Waals surface area contributed by atoms with Gasteiger partial charge >= 0.3 is 0 Å². The minimum Gasteiger partial charge on any atom is -0.336 e. The number of thiophene rings is 1. The highest BCUT2D eigenvalue weighted by Crippen LogP contribution is 2.38. The maximum absolute atomic E-state index is 4.56. The molecule has 4 heteroatoms. The number of hydrogen-bond donors (Lipinski definition) is 1. The van der Waals surface area contributed by atoms with E-state index in [1.54, 1.807) is 11.3 Å². The first-order valence-corrected chi connectivity index (χ1v) is 8.20. The van der Waals surface area contributed by atoms with Crippen LogP contribution in [0.3, 0.4) is 0 Å². The summed E-state index contributed by atoms with van der Waals surface area (Å²) in [7, 11) is 2.07. The normalized spacial score (nSPS) is 23.1. The molecule has 1 aliphatic carbocycles. The third-order valence-electron chi connectivity index (χ3n) is 4.32. The molecule has 0 amide bonds. The standard InChI is InChI=1S/C16H23N3S/c1-16(2)7-6-12(11-16)18-14(13-5-4-10-20-13)15-17-8-9-19(15)3/h4-5,8-10,12,14,18H,6-7,11H2,1-3H3. The molecule has 1 fully saturated rings. The molecule has 0 radical (unpaired) electrons. The van der Waals surface area contributed by atoms with Gasteiger partial charge in [0.2, 0.25) is 0 Å². The molecule has 2 atom stereocenters. The van der Waals surface area contributed by atoms with Crippen LogP contribution in [0.5, 0.6) is 0 Å². The Morgan fingerprint density at radius 2 is 2.35 bits per heavy atom. The molecule has 0 saturated heterocycles. The van der Waals surface area contributed by atoms with Crippen molar-refractivity contribution in [2.45, 2.75) is 45.2 Å². The Morgan fingerprint density at radius 1 is 1.50 bits per heavy atom. The molecule has 2 unspecified atom stereocenters. The second-order valence-electron chi connectivity index (χ2n) is 6.62. The molecule has 2 aromatic rings. The minimum atomic E-state index is 0.217. The van der Waals surface area contributed by atoms with E-state index in [4.69, 9.17) is 0 Å². The van der Waals surface area contributed by atoms with Crippen molar-refractivity contribution in [2.24, 2.45) is 12.5 Å². The van der Waals surface area contributed by atoms with E-state index in [2.05, 4.69) is 53.3 Å². The Labute approximate surface area is 125 Å². The molecule has 108 valence electrons. The fourth-order valence-corrected chi connectivity index (χ4v) is 3.99. The molecular formula is C16H23N3S. The zero-order chi connectivity index (χ0) is 14.2. The molecule has 3 rings (SSSR count). The molecule has 3 nitrogen and oxygen atoms in total. The van der Waals surface area contributed by atoms with Crippen LogP contribution in [-0.2, 0) is 7.05 Å². The number of aryl methyl sites for hydroxylation is 1. The van der Waals surface area contributed by atoms with Crippen molar-refractivity contribution in [3.05, 3.63) is 40.6 Å². The van der Waals surface area contributed by atoms with E-state index in [1.165, 1.54) is 24.1 Å². The van der Waals surface area contributed by atoms with Crippen LogP contribution in [0.1, 0.15) is 49.9 Å². The summed E-state index contributed by atoms with van der Waals surface area (Å²) in [5.74, 6) is 1.11. The molecule has 0 spiro atoms. The summed E-state index contributed by atoms with van der Waals surface area (Å²) in [6.45, 7) is 4.74. The highest BCUT2D eigenvalue weighted by molar-refractivity contribution is 7.10. The van der Waals surface area contributed by atoms with Crippen LogP contribution in [0.25, 0.3) is 0 Å². The first kappa shape index (κ1) is 13.8. The second-order valence-corrected chi connectivity index (χ2v) is 7.59. The lowest BCUT2D eigenvalue weighted by atomic mass is 9.92. The van der Waals surface area contributed by atoms with Gasteiger partial charge in [-0.1, -0.05) is 19.9 Å². The van der Waals surface area contributed by atoms with Gasteiger partial charge in [0.05, 0.1) is 0 Å². The largest absolute Gasteiger partial charge is 0.336 e. The van der Waals surface area contributed by atoms with Crippen molar-refractivity contribution >= 4 is 11.3 Å². The zero-order valence-corrected chi connectivity index (χ0v) is 13.3. The Morgan fingerprint density at radius 3 is 2.90 bits per heavy atom. The van der Waals surface area contributed by atoms with Crippen LogP contribution in [-0.4, -0.2) is 15.6 Å². The van der Waals surface area contributed by atoms with Gasteiger partial charge in [0.25, 0.3) is 0 Å². The van der Waals surface area contributed by atoms with E-state index in [0.717, 1.165) is 5.82 Å². The van der Waals surface area contributed by atoms with Gasteiger partial charge in [-0.25, -0.2) is 4.98 Å². The van der Waals surface area contributed by atoms with Gasteiger partial charge in [0, 0.05) is 30.4 Å². The molecule has 0 aliphatic heterocycles. The van der Waals surface area contributed by atoms with Gasteiger partial charge in [-0.05, 0) is 36.1 Å². The Balaban J connectivity index is 1.83. The summed E-state index contributed by atoms with van der Waals surface area (Å²) < 4.78 is 2.12. The molecule has 0 bridgehead atoms. The molecule has 2 heterocycles. The van der Waals surface area contributed by atoms with Gasteiger partial charge in [-0.3, -0.25) is 0 Å². The monoisotopic (exact) mass is 289 g/mol. The van der Waals surface area contributed by atoms with Gasteiger partial charge < -0.3 is 9.88 Å². The van der Waals surface area contributed by atoms with Crippen LogP contribution in [0, 0.1) is 5.41 Å². The fraction of sp³-hybridized carbons (Fsp3) is 0.562. The van der Waals surface area contributed by atoms with Crippen LogP contribution in [0.4, 0.5) is 0 Å². The lowest BCUT2D eigenvalue weighted by Crippen LogP contribution is -2.33. The topological polar surface area (TPSA) is 29.9 Å². The molecular weight excluding hydrogens is 266 g/mol. The molecule has 1 aliphatic rings. The van der Waals surface area contributed by atoms with Crippen molar-refractivity contribution in [2.75, 3.05) is 0 Å². The quantitative estimate of drug-likeness (QED) is 0.929. The van der Waals surface area contributed by atoms with Crippen LogP contribution in [0.2, 0.25) is 0 Å². The summed E-state index contributed by atoms with van der Waals surface area (Å²) in [5, 5.41) is 5.99.